The number of rotatable bonds is 5. The summed E-state index contributed by atoms with van der Waals surface area (Å²) >= 11 is 0. The van der Waals surface area contributed by atoms with Crippen LogP contribution in [0.15, 0.2) is 54.1 Å². The standard InChI is InChI=1S/C20H20O3/c1-15-6-5-9-20(18(15)12-21)23-13-17-10-11-22-14-19(17)16-7-3-2-4-8-16/h2-9,12H,10-11,13-14H2,1H3. The summed E-state index contributed by atoms with van der Waals surface area (Å²) in [7, 11) is 0. The van der Waals surface area contributed by atoms with Gasteiger partial charge in [0.05, 0.1) is 18.8 Å². The molecule has 3 rings (SSSR count). The first-order valence-electron chi connectivity index (χ1n) is 7.81. The third-order valence-corrected chi connectivity index (χ3v) is 4.15. The average Bonchev–Trinajstić information content (AvgIpc) is 2.61. The zero-order valence-corrected chi connectivity index (χ0v) is 13.2. The fourth-order valence-corrected chi connectivity index (χ4v) is 2.80. The number of hydrogen-bond donors (Lipinski definition) is 0. The fraction of sp³-hybridized carbons (Fsp3) is 0.250. The van der Waals surface area contributed by atoms with Gasteiger partial charge in [-0.3, -0.25) is 4.79 Å². The van der Waals surface area contributed by atoms with E-state index in [1.807, 2.05) is 43.3 Å². The van der Waals surface area contributed by atoms with Crippen molar-refractivity contribution < 1.29 is 14.3 Å². The van der Waals surface area contributed by atoms with E-state index in [4.69, 9.17) is 9.47 Å². The van der Waals surface area contributed by atoms with Crippen molar-refractivity contribution in [1.82, 2.24) is 0 Å². The first-order chi connectivity index (χ1) is 11.3. The number of benzene rings is 2. The number of aldehydes is 1. The molecule has 3 nitrogen and oxygen atoms in total. The van der Waals surface area contributed by atoms with E-state index < -0.39 is 0 Å². The van der Waals surface area contributed by atoms with Crippen molar-refractivity contribution in [2.24, 2.45) is 0 Å². The Hall–Kier alpha value is -2.39. The Balaban J connectivity index is 1.84. The molecule has 0 amide bonds. The van der Waals surface area contributed by atoms with Crippen LogP contribution in [-0.2, 0) is 4.74 Å². The maximum atomic E-state index is 11.3. The highest BCUT2D eigenvalue weighted by molar-refractivity contribution is 5.81. The summed E-state index contributed by atoms with van der Waals surface area (Å²) in [4.78, 5) is 11.3. The van der Waals surface area contributed by atoms with Crippen LogP contribution in [-0.4, -0.2) is 26.1 Å². The molecule has 1 aliphatic heterocycles. The van der Waals surface area contributed by atoms with Crippen molar-refractivity contribution in [3.63, 3.8) is 0 Å². The number of aryl methyl sites for hydroxylation is 1. The number of ether oxygens (including phenoxy) is 2. The number of carbonyl (C=O) groups excluding carboxylic acids is 1. The van der Waals surface area contributed by atoms with E-state index >= 15 is 0 Å². The van der Waals surface area contributed by atoms with Crippen molar-refractivity contribution in [3.8, 4) is 5.75 Å². The van der Waals surface area contributed by atoms with Crippen molar-refractivity contribution in [3.05, 3.63) is 70.8 Å². The Morgan fingerprint density at radius 2 is 1.96 bits per heavy atom. The van der Waals surface area contributed by atoms with Gasteiger partial charge in [0.1, 0.15) is 12.4 Å². The highest BCUT2D eigenvalue weighted by Gasteiger charge is 2.16. The van der Waals surface area contributed by atoms with E-state index in [1.165, 1.54) is 16.7 Å². The molecule has 1 aliphatic rings. The van der Waals surface area contributed by atoms with E-state index in [0.29, 0.717) is 31.1 Å². The molecule has 3 heteroatoms. The normalized spacial score (nSPS) is 14.7. The van der Waals surface area contributed by atoms with Gasteiger partial charge in [-0.05, 0) is 41.7 Å². The predicted octanol–water partition coefficient (Wildman–Crippen LogP) is 4.06. The lowest BCUT2D eigenvalue weighted by atomic mass is 9.97. The van der Waals surface area contributed by atoms with Crippen LogP contribution in [0.1, 0.15) is 27.9 Å². The van der Waals surface area contributed by atoms with Gasteiger partial charge in [0, 0.05) is 0 Å². The van der Waals surface area contributed by atoms with Crippen LogP contribution in [0.5, 0.6) is 5.75 Å². The van der Waals surface area contributed by atoms with E-state index in [-0.39, 0.29) is 0 Å². The first kappa shape index (κ1) is 15.5. The summed E-state index contributed by atoms with van der Waals surface area (Å²) in [5.41, 5.74) is 5.16. The third kappa shape index (κ3) is 3.51. The fourth-order valence-electron chi connectivity index (χ4n) is 2.80. The summed E-state index contributed by atoms with van der Waals surface area (Å²) in [5.74, 6) is 0.645. The molecule has 1 heterocycles. The van der Waals surface area contributed by atoms with Gasteiger partial charge in [0.25, 0.3) is 0 Å². The second-order valence-corrected chi connectivity index (χ2v) is 5.64. The van der Waals surface area contributed by atoms with Crippen molar-refractivity contribution >= 4 is 11.9 Å². The molecule has 0 spiro atoms. The maximum Gasteiger partial charge on any atom is 0.154 e. The molecule has 0 aromatic heterocycles. The van der Waals surface area contributed by atoms with Gasteiger partial charge in [-0.15, -0.1) is 0 Å². The van der Waals surface area contributed by atoms with E-state index in [9.17, 15) is 4.79 Å². The van der Waals surface area contributed by atoms with Gasteiger partial charge < -0.3 is 9.47 Å². The highest BCUT2D eigenvalue weighted by Crippen LogP contribution is 2.27. The molecule has 0 bridgehead atoms. The van der Waals surface area contributed by atoms with Gasteiger partial charge in [-0.1, -0.05) is 42.5 Å². The smallest absolute Gasteiger partial charge is 0.154 e. The Kier molecular flexibility index (Phi) is 4.89. The number of carbonyl (C=O) groups is 1. The van der Waals surface area contributed by atoms with Crippen LogP contribution in [0.2, 0.25) is 0 Å². The minimum atomic E-state index is 0.484. The van der Waals surface area contributed by atoms with Crippen LogP contribution in [0.4, 0.5) is 0 Å². The largest absolute Gasteiger partial charge is 0.488 e. The summed E-state index contributed by atoms with van der Waals surface area (Å²) in [6, 6.07) is 15.9. The van der Waals surface area contributed by atoms with Gasteiger partial charge in [-0.2, -0.15) is 0 Å². The van der Waals surface area contributed by atoms with Crippen molar-refractivity contribution in [2.75, 3.05) is 19.8 Å². The van der Waals surface area contributed by atoms with Crippen molar-refractivity contribution in [1.29, 1.82) is 0 Å². The predicted molar refractivity (Wildman–Crippen MR) is 90.9 cm³/mol. The zero-order valence-electron chi connectivity index (χ0n) is 13.2. The Labute approximate surface area is 136 Å². The van der Waals surface area contributed by atoms with Gasteiger partial charge in [-0.25, -0.2) is 0 Å². The van der Waals surface area contributed by atoms with E-state index in [1.54, 1.807) is 0 Å². The monoisotopic (exact) mass is 308 g/mol. The second-order valence-electron chi connectivity index (χ2n) is 5.64. The molecule has 0 saturated carbocycles. The average molecular weight is 308 g/mol. The van der Waals surface area contributed by atoms with Crippen LogP contribution < -0.4 is 4.74 Å². The molecule has 0 saturated heterocycles. The Morgan fingerprint density at radius 1 is 1.13 bits per heavy atom. The molecular weight excluding hydrogens is 288 g/mol. The molecule has 118 valence electrons. The molecular formula is C20H20O3. The van der Waals surface area contributed by atoms with E-state index in [0.717, 1.165) is 18.3 Å². The lowest BCUT2D eigenvalue weighted by Crippen LogP contribution is -2.15. The SMILES string of the molecule is Cc1cccc(OCC2=C(c3ccccc3)COCC2)c1C=O. The summed E-state index contributed by atoms with van der Waals surface area (Å²) in [6.45, 7) is 3.72. The van der Waals surface area contributed by atoms with Crippen LogP contribution >= 0.6 is 0 Å². The molecule has 2 aromatic carbocycles. The molecule has 0 N–H and O–H groups in total. The summed E-state index contributed by atoms with van der Waals surface area (Å²) < 4.78 is 11.6. The molecule has 2 aromatic rings. The van der Waals surface area contributed by atoms with Crippen LogP contribution in [0.25, 0.3) is 5.57 Å². The maximum absolute atomic E-state index is 11.3. The molecule has 0 unspecified atom stereocenters. The topological polar surface area (TPSA) is 35.5 Å². The minimum absolute atomic E-state index is 0.484. The zero-order chi connectivity index (χ0) is 16.1. The summed E-state index contributed by atoms with van der Waals surface area (Å²) in [6.07, 6.45) is 1.72. The lowest BCUT2D eigenvalue weighted by Gasteiger charge is -2.22. The van der Waals surface area contributed by atoms with Crippen LogP contribution in [0, 0.1) is 6.92 Å². The second kappa shape index (κ2) is 7.25. The minimum Gasteiger partial charge on any atom is -0.488 e. The third-order valence-electron chi connectivity index (χ3n) is 4.15. The van der Waals surface area contributed by atoms with E-state index in [2.05, 4.69) is 12.1 Å². The molecule has 0 aliphatic carbocycles. The quantitative estimate of drug-likeness (QED) is 0.781. The van der Waals surface area contributed by atoms with Crippen LogP contribution in [0.3, 0.4) is 0 Å². The van der Waals surface area contributed by atoms with Crippen molar-refractivity contribution in [2.45, 2.75) is 13.3 Å². The van der Waals surface area contributed by atoms with Gasteiger partial charge in [0.2, 0.25) is 0 Å². The van der Waals surface area contributed by atoms with Gasteiger partial charge >= 0.3 is 0 Å². The molecule has 0 atom stereocenters. The lowest BCUT2D eigenvalue weighted by molar-refractivity contribution is 0.111. The van der Waals surface area contributed by atoms with Gasteiger partial charge in [0.15, 0.2) is 6.29 Å². The highest BCUT2D eigenvalue weighted by atomic mass is 16.5. The summed E-state index contributed by atoms with van der Waals surface area (Å²) in [5, 5.41) is 0. The number of hydrogen-bond acceptors (Lipinski definition) is 3. The Bertz CT molecular complexity index is 717. The molecule has 0 radical (unpaired) electrons. The molecule has 23 heavy (non-hydrogen) atoms. The Morgan fingerprint density at radius 3 is 2.74 bits per heavy atom. The first-order valence-corrected chi connectivity index (χ1v) is 7.81. The molecule has 0 fully saturated rings.